The first-order valence-corrected chi connectivity index (χ1v) is 11.0. The Balaban J connectivity index is 0.000000244. The van der Waals surface area contributed by atoms with E-state index in [1.165, 1.54) is 18.2 Å². The predicted octanol–water partition coefficient (Wildman–Crippen LogP) is 5.79. The Kier molecular flexibility index (Phi) is 7.29. The van der Waals surface area contributed by atoms with E-state index in [9.17, 15) is 18.0 Å². The van der Waals surface area contributed by atoms with Crippen molar-refractivity contribution in [1.29, 1.82) is 0 Å². The van der Waals surface area contributed by atoms with Gasteiger partial charge in [0, 0.05) is 11.5 Å². The van der Waals surface area contributed by atoms with E-state index in [0.29, 0.717) is 16.8 Å². The summed E-state index contributed by atoms with van der Waals surface area (Å²) in [5.74, 6) is -1.54. The van der Waals surface area contributed by atoms with Crippen LogP contribution in [0.1, 0.15) is 57.4 Å². The minimum absolute atomic E-state index is 0.0810. The quantitative estimate of drug-likeness (QED) is 0.474. The van der Waals surface area contributed by atoms with Crippen LogP contribution in [0, 0.1) is 22.9 Å². The fourth-order valence-electron chi connectivity index (χ4n) is 3.84. The van der Waals surface area contributed by atoms with Crippen LogP contribution in [0.4, 0.5) is 13.2 Å². The smallest absolute Gasteiger partial charge is 0.225 e. The predicted molar refractivity (Wildman–Crippen MR) is 119 cm³/mol. The van der Waals surface area contributed by atoms with Crippen LogP contribution in [-0.4, -0.2) is 22.6 Å². The van der Waals surface area contributed by atoms with Crippen molar-refractivity contribution in [1.82, 2.24) is 4.98 Å². The number of rotatable bonds is 4. The molecule has 3 aromatic rings. The molecule has 1 amide bonds. The van der Waals surface area contributed by atoms with Crippen molar-refractivity contribution < 1.29 is 23.1 Å². The Morgan fingerprint density at radius 3 is 2.16 bits per heavy atom. The van der Waals surface area contributed by atoms with E-state index in [2.05, 4.69) is 4.98 Å². The summed E-state index contributed by atoms with van der Waals surface area (Å²) in [7, 11) is 0. The summed E-state index contributed by atoms with van der Waals surface area (Å²) in [5.41, 5.74) is 7.26. The molecule has 0 saturated heterocycles. The Morgan fingerprint density at radius 1 is 1.09 bits per heavy atom. The number of benzene rings is 2. The molecule has 4 N–H and O–H groups in total. The number of aromatic nitrogens is 1. The second kappa shape index (κ2) is 9.77. The summed E-state index contributed by atoms with van der Waals surface area (Å²) in [6.45, 7) is 3.92. The molecule has 1 heterocycles. The molecular formula is C25H29F3N2O2. The van der Waals surface area contributed by atoms with E-state index >= 15 is 0 Å². The van der Waals surface area contributed by atoms with Gasteiger partial charge in [-0.1, -0.05) is 20.3 Å². The lowest BCUT2D eigenvalue weighted by Crippen LogP contribution is -2.27. The molecule has 0 aliphatic heterocycles. The third-order valence-corrected chi connectivity index (χ3v) is 6.19. The highest BCUT2D eigenvalue weighted by Crippen LogP contribution is 2.45. The van der Waals surface area contributed by atoms with Crippen molar-refractivity contribution in [3.63, 3.8) is 0 Å². The fraction of sp³-hybridized carbons (Fsp3) is 0.400. The molecule has 2 aromatic carbocycles. The average molecular weight is 447 g/mol. The zero-order valence-electron chi connectivity index (χ0n) is 18.4. The first kappa shape index (κ1) is 23.9. The lowest BCUT2D eigenvalue weighted by Gasteiger charge is -2.26. The number of hydrogen-bond donors (Lipinski definition) is 3. The molecule has 7 heteroatoms. The summed E-state index contributed by atoms with van der Waals surface area (Å²) < 4.78 is 40.8. The number of primary amides is 1. The lowest BCUT2D eigenvalue weighted by atomic mass is 9.78. The SMILES string of the molecule is CC.Fc1ccc(-c2[nH]c3c(F)cc(F)cc3c2C2CCC2)cc1.NC(=O)C1(CO)CC1. The van der Waals surface area contributed by atoms with Crippen LogP contribution in [0.25, 0.3) is 22.2 Å². The first-order valence-electron chi connectivity index (χ1n) is 11.0. The third kappa shape index (κ3) is 4.67. The van der Waals surface area contributed by atoms with Gasteiger partial charge in [-0.05, 0) is 73.1 Å². The molecule has 1 aromatic heterocycles. The number of carbonyl (C=O) groups is 1. The molecule has 2 fully saturated rings. The number of nitrogens with two attached hydrogens (primary N) is 1. The summed E-state index contributed by atoms with van der Waals surface area (Å²) in [4.78, 5) is 13.5. The van der Waals surface area contributed by atoms with E-state index in [1.54, 1.807) is 12.1 Å². The van der Waals surface area contributed by atoms with Gasteiger partial charge in [0.1, 0.15) is 17.5 Å². The number of hydrogen-bond acceptors (Lipinski definition) is 2. The van der Waals surface area contributed by atoms with Gasteiger partial charge in [-0.25, -0.2) is 13.2 Å². The lowest BCUT2D eigenvalue weighted by molar-refractivity contribution is -0.124. The fourth-order valence-corrected chi connectivity index (χ4v) is 3.84. The van der Waals surface area contributed by atoms with Gasteiger partial charge in [0.25, 0.3) is 0 Å². The summed E-state index contributed by atoms with van der Waals surface area (Å²) >= 11 is 0. The number of aliphatic hydroxyl groups excluding tert-OH is 1. The van der Waals surface area contributed by atoms with Gasteiger partial charge in [0.05, 0.1) is 23.2 Å². The number of nitrogens with one attached hydrogen (secondary N) is 1. The molecule has 0 radical (unpaired) electrons. The van der Waals surface area contributed by atoms with Gasteiger partial charge >= 0.3 is 0 Å². The molecule has 0 atom stereocenters. The van der Waals surface area contributed by atoms with E-state index in [1.807, 2.05) is 13.8 Å². The number of carbonyl (C=O) groups excluding carboxylic acids is 1. The topological polar surface area (TPSA) is 79.1 Å². The van der Waals surface area contributed by atoms with Crippen LogP contribution in [0.2, 0.25) is 0 Å². The first-order chi connectivity index (χ1) is 15.3. The molecule has 2 aliphatic carbocycles. The summed E-state index contributed by atoms with van der Waals surface area (Å²) in [6, 6.07) is 8.35. The average Bonchev–Trinajstić information content (AvgIpc) is 3.47. The van der Waals surface area contributed by atoms with Crippen molar-refractivity contribution in [2.45, 2.75) is 51.9 Å². The van der Waals surface area contributed by atoms with Crippen LogP contribution < -0.4 is 5.73 Å². The summed E-state index contributed by atoms with van der Waals surface area (Å²) in [5, 5.41) is 9.12. The molecular weight excluding hydrogens is 417 g/mol. The standard InChI is InChI=1S/C18H14F3N.C5H9NO2.C2H6/c19-12-6-4-11(5-7-12)17-16(10-2-1-3-10)14-8-13(20)9-15(21)18(14)22-17;6-4(8)5(3-7)1-2-5;1-2/h4-10,22H,1-3H2;7H,1-3H2,(H2,6,8);1-2H3. The monoisotopic (exact) mass is 446 g/mol. The Labute approximate surface area is 185 Å². The minimum Gasteiger partial charge on any atom is -0.395 e. The van der Waals surface area contributed by atoms with E-state index in [-0.39, 0.29) is 18.3 Å². The normalized spacial score (nSPS) is 16.3. The maximum atomic E-state index is 14.1. The van der Waals surface area contributed by atoms with Gasteiger partial charge in [-0.2, -0.15) is 0 Å². The number of aliphatic hydroxyl groups is 1. The molecule has 5 rings (SSSR count). The zero-order chi connectivity index (χ0) is 23.5. The second-order valence-corrected chi connectivity index (χ2v) is 8.16. The van der Waals surface area contributed by atoms with Crippen molar-refractivity contribution in [2.75, 3.05) is 6.61 Å². The van der Waals surface area contributed by atoms with Crippen LogP contribution in [-0.2, 0) is 4.79 Å². The Hall–Kier alpha value is -2.80. The molecule has 172 valence electrons. The number of aromatic amines is 1. The Bertz CT molecular complexity index is 1080. The number of amides is 1. The minimum atomic E-state index is -0.594. The highest BCUT2D eigenvalue weighted by Gasteiger charge is 2.47. The van der Waals surface area contributed by atoms with Crippen molar-refractivity contribution >= 4 is 16.8 Å². The molecule has 2 aliphatic rings. The molecule has 0 unspecified atom stereocenters. The van der Waals surface area contributed by atoms with E-state index < -0.39 is 17.0 Å². The van der Waals surface area contributed by atoms with Gasteiger partial charge in [-0.3, -0.25) is 4.79 Å². The van der Waals surface area contributed by atoms with Gasteiger partial charge in [-0.15, -0.1) is 0 Å². The van der Waals surface area contributed by atoms with Crippen LogP contribution in [0.3, 0.4) is 0 Å². The largest absolute Gasteiger partial charge is 0.395 e. The van der Waals surface area contributed by atoms with Crippen molar-refractivity contribution in [2.24, 2.45) is 11.1 Å². The third-order valence-electron chi connectivity index (χ3n) is 6.19. The van der Waals surface area contributed by atoms with E-state index in [4.69, 9.17) is 10.8 Å². The highest BCUT2D eigenvalue weighted by molar-refractivity contribution is 5.92. The number of halogens is 3. The maximum absolute atomic E-state index is 14.1. The van der Waals surface area contributed by atoms with Crippen molar-refractivity contribution in [3.05, 3.63) is 59.4 Å². The highest BCUT2D eigenvalue weighted by atomic mass is 19.1. The second-order valence-electron chi connectivity index (χ2n) is 8.16. The number of fused-ring (bicyclic) bond motifs is 1. The maximum Gasteiger partial charge on any atom is 0.225 e. The van der Waals surface area contributed by atoms with Crippen LogP contribution in [0.5, 0.6) is 0 Å². The molecule has 2 saturated carbocycles. The molecule has 4 nitrogen and oxygen atoms in total. The molecule has 0 spiro atoms. The van der Waals surface area contributed by atoms with Gasteiger partial charge < -0.3 is 15.8 Å². The van der Waals surface area contributed by atoms with Crippen molar-refractivity contribution in [3.8, 4) is 11.3 Å². The zero-order valence-corrected chi connectivity index (χ0v) is 18.4. The van der Waals surface area contributed by atoms with E-state index in [0.717, 1.165) is 55.0 Å². The number of H-pyrrole nitrogens is 1. The van der Waals surface area contributed by atoms with Gasteiger partial charge in [0.2, 0.25) is 5.91 Å². The summed E-state index contributed by atoms with van der Waals surface area (Å²) in [6.07, 6.45) is 4.67. The van der Waals surface area contributed by atoms with Gasteiger partial charge in [0.15, 0.2) is 0 Å². The van der Waals surface area contributed by atoms with Crippen LogP contribution in [0.15, 0.2) is 36.4 Å². The Morgan fingerprint density at radius 2 is 1.72 bits per heavy atom. The van der Waals surface area contributed by atoms with Crippen LogP contribution >= 0.6 is 0 Å². The molecule has 0 bridgehead atoms. The molecule has 32 heavy (non-hydrogen) atoms.